The van der Waals surface area contributed by atoms with Gasteiger partial charge >= 0.3 is 0 Å². The summed E-state index contributed by atoms with van der Waals surface area (Å²) >= 11 is 0. The predicted octanol–water partition coefficient (Wildman–Crippen LogP) is 0.999. The van der Waals surface area contributed by atoms with Gasteiger partial charge in [-0.1, -0.05) is 12.8 Å². The van der Waals surface area contributed by atoms with Gasteiger partial charge in [0, 0.05) is 32.1 Å². The van der Waals surface area contributed by atoms with E-state index in [-0.39, 0.29) is 0 Å². The van der Waals surface area contributed by atoms with E-state index < -0.39 is 0 Å². The van der Waals surface area contributed by atoms with Crippen LogP contribution >= 0.6 is 0 Å². The SMILES string of the molecule is CN(C)CC1(CNC2=NCCN2C)CCCC1. The summed E-state index contributed by atoms with van der Waals surface area (Å²) in [6, 6.07) is 0. The van der Waals surface area contributed by atoms with E-state index in [1.165, 1.54) is 32.2 Å². The first-order chi connectivity index (χ1) is 8.11. The third kappa shape index (κ3) is 3.12. The molecule has 0 radical (unpaired) electrons. The lowest BCUT2D eigenvalue weighted by molar-refractivity contribution is 0.201. The van der Waals surface area contributed by atoms with E-state index in [1.54, 1.807) is 0 Å². The van der Waals surface area contributed by atoms with Crippen LogP contribution in [0.1, 0.15) is 25.7 Å². The third-order valence-corrected chi connectivity index (χ3v) is 4.00. The fraction of sp³-hybridized carbons (Fsp3) is 0.923. The summed E-state index contributed by atoms with van der Waals surface area (Å²) in [5.41, 5.74) is 0.468. The molecule has 2 aliphatic rings. The van der Waals surface area contributed by atoms with Crippen molar-refractivity contribution in [2.45, 2.75) is 25.7 Å². The smallest absolute Gasteiger partial charge is 0.193 e. The van der Waals surface area contributed by atoms with Gasteiger partial charge in [0.05, 0.1) is 6.54 Å². The first kappa shape index (κ1) is 12.7. The van der Waals surface area contributed by atoms with Crippen molar-refractivity contribution in [3.8, 4) is 0 Å². The molecule has 0 saturated heterocycles. The topological polar surface area (TPSA) is 30.9 Å². The van der Waals surface area contributed by atoms with Crippen LogP contribution in [-0.4, -0.2) is 63.1 Å². The third-order valence-electron chi connectivity index (χ3n) is 4.00. The average molecular weight is 238 g/mol. The lowest BCUT2D eigenvalue weighted by Crippen LogP contribution is -2.45. The molecule has 0 unspecified atom stereocenters. The summed E-state index contributed by atoms with van der Waals surface area (Å²) in [5.74, 6) is 1.09. The van der Waals surface area contributed by atoms with Crippen LogP contribution in [0.4, 0.5) is 0 Å². The van der Waals surface area contributed by atoms with Gasteiger partial charge in [0.2, 0.25) is 0 Å². The lowest BCUT2D eigenvalue weighted by atomic mass is 9.85. The molecule has 0 aromatic heterocycles. The Kier molecular flexibility index (Phi) is 3.92. The van der Waals surface area contributed by atoms with Crippen LogP contribution in [-0.2, 0) is 0 Å². The highest BCUT2D eigenvalue weighted by Gasteiger charge is 2.34. The molecule has 0 atom stereocenters. The summed E-state index contributed by atoms with van der Waals surface area (Å²) in [4.78, 5) is 9.05. The Morgan fingerprint density at radius 3 is 2.59 bits per heavy atom. The summed E-state index contributed by atoms with van der Waals surface area (Å²) in [5, 5.41) is 3.57. The average Bonchev–Trinajstić information content (AvgIpc) is 2.85. The van der Waals surface area contributed by atoms with Crippen LogP contribution in [0.25, 0.3) is 0 Å². The second-order valence-corrected chi connectivity index (χ2v) is 5.93. The number of nitrogens with zero attached hydrogens (tertiary/aromatic N) is 3. The monoisotopic (exact) mass is 238 g/mol. The van der Waals surface area contributed by atoms with Gasteiger partial charge in [-0.3, -0.25) is 4.99 Å². The van der Waals surface area contributed by atoms with Gasteiger partial charge in [0.25, 0.3) is 0 Å². The molecule has 4 heteroatoms. The summed E-state index contributed by atoms with van der Waals surface area (Å²) < 4.78 is 0. The summed E-state index contributed by atoms with van der Waals surface area (Å²) in [6.07, 6.45) is 5.49. The first-order valence-electron chi connectivity index (χ1n) is 6.76. The van der Waals surface area contributed by atoms with E-state index in [1.807, 2.05) is 0 Å². The van der Waals surface area contributed by atoms with Crippen molar-refractivity contribution in [2.24, 2.45) is 10.4 Å². The van der Waals surface area contributed by atoms with Crippen molar-refractivity contribution >= 4 is 5.96 Å². The van der Waals surface area contributed by atoms with Gasteiger partial charge in [-0.25, -0.2) is 0 Å². The van der Waals surface area contributed by atoms with Gasteiger partial charge in [-0.2, -0.15) is 0 Å². The zero-order valence-corrected chi connectivity index (χ0v) is 11.5. The first-order valence-corrected chi connectivity index (χ1v) is 6.76. The van der Waals surface area contributed by atoms with Gasteiger partial charge in [-0.05, 0) is 26.9 Å². The highest BCUT2D eigenvalue weighted by molar-refractivity contribution is 5.81. The van der Waals surface area contributed by atoms with E-state index >= 15 is 0 Å². The van der Waals surface area contributed by atoms with Crippen LogP contribution in [0, 0.1) is 5.41 Å². The molecule has 17 heavy (non-hydrogen) atoms. The van der Waals surface area contributed by atoms with Crippen LogP contribution in [0.15, 0.2) is 4.99 Å². The zero-order valence-electron chi connectivity index (χ0n) is 11.5. The van der Waals surface area contributed by atoms with Gasteiger partial charge in [-0.15, -0.1) is 0 Å². The molecule has 2 rings (SSSR count). The fourth-order valence-corrected chi connectivity index (χ4v) is 3.18. The maximum Gasteiger partial charge on any atom is 0.193 e. The normalized spacial score (nSPS) is 23.3. The van der Waals surface area contributed by atoms with Gasteiger partial charge in [0.15, 0.2) is 5.96 Å². The van der Waals surface area contributed by atoms with Crippen LogP contribution < -0.4 is 5.32 Å². The summed E-state index contributed by atoms with van der Waals surface area (Å²) in [6.45, 7) is 4.27. The number of aliphatic imine (C=N–C) groups is 1. The Morgan fingerprint density at radius 2 is 2.06 bits per heavy atom. The molecule has 0 amide bonds. The summed E-state index contributed by atoms with van der Waals surface area (Å²) in [7, 11) is 6.48. The van der Waals surface area contributed by atoms with E-state index in [9.17, 15) is 0 Å². The molecule has 1 fully saturated rings. The Hall–Kier alpha value is -0.770. The van der Waals surface area contributed by atoms with Crippen molar-refractivity contribution in [3.05, 3.63) is 0 Å². The van der Waals surface area contributed by atoms with Crippen molar-refractivity contribution in [2.75, 3.05) is 47.3 Å². The lowest BCUT2D eigenvalue weighted by Gasteiger charge is -2.33. The van der Waals surface area contributed by atoms with Crippen LogP contribution in [0.5, 0.6) is 0 Å². The number of likely N-dealkylation sites (N-methyl/N-ethyl adjacent to an activating group) is 1. The minimum Gasteiger partial charge on any atom is -0.356 e. The van der Waals surface area contributed by atoms with E-state index in [2.05, 4.69) is 41.3 Å². The molecular weight excluding hydrogens is 212 g/mol. The standard InChI is InChI=1S/C13H26N4/c1-16(2)11-13(6-4-5-7-13)10-15-12-14-8-9-17(12)3/h4-11H2,1-3H3,(H,14,15). The van der Waals surface area contributed by atoms with Crippen LogP contribution in [0.2, 0.25) is 0 Å². The molecular formula is C13H26N4. The van der Waals surface area contributed by atoms with Crippen molar-refractivity contribution < 1.29 is 0 Å². The van der Waals surface area contributed by atoms with E-state index in [0.29, 0.717) is 5.41 Å². The molecule has 0 spiro atoms. The molecule has 4 nitrogen and oxygen atoms in total. The number of rotatable bonds is 4. The van der Waals surface area contributed by atoms with Gasteiger partial charge in [0.1, 0.15) is 0 Å². The molecule has 0 aromatic carbocycles. The van der Waals surface area contributed by atoms with Crippen molar-refractivity contribution in [3.63, 3.8) is 0 Å². The number of guanidine groups is 1. The van der Waals surface area contributed by atoms with E-state index in [4.69, 9.17) is 0 Å². The predicted molar refractivity (Wildman–Crippen MR) is 72.4 cm³/mol. The zero-order chi connectivity index (χ0) is 12.3. The number of hydrogen-bond acceptors (Lipinski definition) is 4. The molecule has 1 N–H and O–H groups in total. The Labute approximate surface area is 105 Å². The Morgan fingerprint density at radius 1 is 1.35 bits per heavy atom. The quantitative estimate of drug-likeness (QED) is 0.793. The highest BCUT2D eigenvalue weighted by atomic mass is 15.3. The second kappa shape index (κ2) is 5.25. The van der Waals surface area contributed by atoms with E-state index in [0.717, 1.165) is 25.6 Å². The maximum atomic E-state index is 4.51. The van der Waals surface area contributed by atoms with Gasteiger partial charge < -0.3 is 15.1 Å². The largest absolute Gasteiger partial charge is 0.356 e. The number of nitrogens with one attached hydrogen (secondary N) is 1. The molecule has 1 heterocycles. The Bertz CT molecular complexity index is 279. The van der Waals surface area contributed by atoms with Crippen molar-refractivity contribution in [1.29, 1.82) is 0 Å². The highest BCUT2D eigenvalue weighted by Crippen LogP contribution is 2.37. The minimum absolute atomic E-state index is 0.468. The van der Waals surface area contributed by atoms with Crippen molar-refractivity contribution in [1.82, 2.24) is 15.1 Å². The fourth-order valence-electron chi connectivity index (χ4n) is 3.18. The van der Waals surface area contributed by atoms with Crippen LogP contribution in [0.3, 0.4) is 0 Å². The minimum atomic E-state index is 0.468. The molecule has 1 aliphatic carbocycles. The Balaban J connectivity index is 1.89. The molecule has 0 bridgehead atoms. The second-order valence-electron chi connectivity index (χ2n) is 5.93. The molecule has 1 aliphatic heterocycles. The molecule has 0 aromatic rings. The number of hydrogen-bond donors (Lipinski definition) is 1. The maximum absolute atomic E-state index is 4.51. The molecule has 98 valence electrons. The molecule has 1 saturated carbocycles.